The average Bonchev–Trinajstić information content (AvgIpc) is 2.28. The lowest BCUT2D eigenvalue weighted by molar-refractivity contribution is 0.101. The smallest absolute Gasteiger partial charge is 0.159 e. The van der Waals surface area contributed by atoms with E-state index in [0.29, 0.717) is 5.56 Å². The lowest BCUT2D eigenvalue weighted by Gasteiger charge is -2.08. The largest absolute Gasteiger partial charge is 0.457 e. The third kappa shape index (κ3) is 2.98. The number of rotatable bonds is 3. The lowest BCUT2D eigenvalue weighted by Crippen LogP contribution is -1.92. The average molecular weight is 240 g/mol. The molecule has 0 aliphatic carbocycles. The highest BCUT2D eigenvalue weighted by molar-refractivity contribution is 5.94. The highest BCUT2D eigenvalue weighted by Crippen LogP contribution is 2.24. The van der Waals surface area contributed by atoms with Gasteiger partial charge in [0.1, 0.15) is 11.5 Å². The Bertz CT molecular complexity index is 548. The van der Waals surface area contributed by atoms with Gasteiger partial charge >= 0.3 is 0 Å². The van der Waals surface area contributed by atoms with E-state index in [0.717, 1.165) is 11.5 Å². The van der Waals surface area contributed by atoms with Crippen molar-refractivity contribution in [2.24, 2.45) is 0 Å². The van der Waals surface area contributed by atoms with Gasteiger partial charge in [-0.1, -0.05) is 6.07 Å². The van der Waals surface area contributed by atoms with E-state index >= 15 is 0 Å². The predicted octanol–water partition coefficient (Wildman–Crippen LogP) is 4.30. The Morgan fingerprint density at radius 2 is 1.44 bits per heavy atom. The second-order valence-electron chi connectivity index (χ2n) is 4.51. The van der Waals surface area contributed by atoms with Crippen molar-refractivity contribution in [2.45, 2.75) is 20.8 Å². The Labute approximate surface area is 107 Å². The molecule has 0 bridgehead atoms. The summed E-state index contributed by atoms with van der Waals surface area (Å²) in [6.45, 7) is 5.64. The van der Waals surface area contributed by atoms with E-state index in [-0.39, 0.29) is 5.78 Å². The van der Waals surface area contributed by atoms with Gasteiger partial charge in [0.15, 0.2) is 5.78 Å². The number of hydrogen-bond donors (Lipinski definition) is 0. The molecule has 0 saturated carbocycles. The van der Waals surface area contributed by atoms with Gasteiger partial charge in [-0.05, 0) is 68.3 Å². The fourth-order valence-electron chi connectivity index (χ4n) is 1.89. The molecular formula is C16H16O2. The number of aryl methyl sites for hydroxylation is 2. The summed E-state index contributed by atoms with van der Waals surface area (Å²) in [6, 6.07) is 13.3. The van der Waals surface area contributed by atoms with Gasteiger partial charge in [-0.15, -0.1) is 0 Å². The van der Waals surface area contributed by atoms with Gasteiger partial charge in [0.25, 0.3) is 0 Å². The first-order valence-electron chi connectivity index (χ1n) is 5.92. The molecule has 2 aromatic rings. The number of benzene rings is 2. The van der Waals surface area contributed by atoms with Crippen molar-refractivity contribution in [2.75, 3.05) is 0 Å². The van der Waals surface area contributed by atoms with Crippen molar-refractivity contribution < 1.29 is 9.53 Å². The van der Waals surface area contributed by atoms with Crippen molar-refractivity contribution in [1.29, 1.82) is 0 Å². The molecule has 0 amide bonds. The molecule has 2 rings (SSSR count). The van der Waals surface area contributed by atoms with Crippen LogP contribution < -0.4 is 4.74 Å². The van der Waals surface area contributed by atoms with Gasteiger partial charge in [-0.2, -0.15) is 0 Å². The molecule has 0 radical (unpaired) electrons. The van der Waals surface area contributed by atoms with Crippen molar-refractivity contribution >= 4 is 5.78 Å². The molecule has 0 N–H and O–H groups in total. The van der Waals surface area contributed by atoms with Crippen molar-refractivity contribution in [3.63, 3.8) is 0 Å². The molecule has 0 saturated heterocycles. The fourth-order valence-corrected chi connectivity index (χ4v) is 1.89. The molecule has 2 aromatic carbocycles. The quantitative estimate of drug-likeness (QED) is 0.748. The second kappa shape index (κ2) is 5.05. The molecule has 0 heterocycles. The molecule has 18 heavy (non-hydrogen) atoms. The fraction of sp³-hybridized carbons (Fsp3) is 0.188. The molecule has 0 unspecified atom stereocenters. The third-order valence-electron chi connectivity index (χ3n) is 2.69. The van der Waals surface area contributed by atoms with Crippen LogP contribution in [0.15, 0.2) is 42.5 Å². The summed E-state index contributed by atoms with van der Waals surface area (Å²) in [5.41, 5.74) is 3.04. The first-order valence-corrected chi connectivity index (χ1v) is 5.92. The van der Waals surface area contributed by atoms with Crippen molar-refractivity contribution in [3.05, 3.63) is 59.2 Å². The number of carbonyl (C=O) groups excluding carboxylic acids is 1. The highest BCUT2D eigenvalue weighted by atomic mass is 16.5. The summed E-state index contributed by atoms with van der Waals surface area (Å²) in [6.07, 6.45) is 0. The van der Waals surface area contributed by atoms with E-state index in [1.807, 2.05) is 38.1 Å². The lowest BCUT2D eigenvalue weighted by atomic mass is 10.1. The molecule has 0 atom stereocenters. The Hall–Kier alpha value is -2.09. The number of ether oxygens (including phenoxy) is 1. The minimum atomic E-state index is 0.0629. The predicted molar refractivity (Wildman–Crippen MR) is 72.4 cm³/mol. The van der Waals surface area contributed by atoms with Gasteiger partial charge in [0.2, 0.25) is 0 Å². The monoisotopic (exact) mass is 240 g/mol. The number of Topliss-reactive ketones (excluding diaryl/α,β-unsaturated/α-hetero) is 1. The number of hydrogen-bond acceptors (Lipinski definition) is 2. The Morgan fingerprint density at radius 3 is 1.94 bits per heavy atom. The first kappa shape index (κ1) is 12.4. The molecule has 0 spiro atoms. The van der Waals surface area contributed by atoms with E-state index in [4.69, 9.17) is 4.74 Å². The maximum absolute atomic E-state index is 11.2. The molecule has 0 aliphatic heterocycles. The molecule has 0 aliphatic rings. The minimum absolute atomic E-state index is 0.0629. The van der Waals surface area contributed by atoms with Crippen LogP contribution in [-0.2, 0) is 0 Å². The summed E-state index contributed by atoms with van der Waals surface area (Å²) in [5.74, 6) is 1.63. The van der Waals surface area contributed by atoms with Crippen LogP contribution in [0, 0.1) is 13.8 Å². The molecule has 0 fully saturated rings. The zero-order chi connectivity index (χ0) is 13.1. The van der Waals surface area contributed by atoms with Crippen LogP contribution in [0.1, 0.15) is 28.4 Å². The van der Waals surface area contributed by atoms with Gasteiger partial charge in [-0.25, -0.2) is 0 Å². The van der Waals surface area contributed by atoms with Crippen LogP contribution in [0.4, 0.5) is 0 Å². The molecule has 2 heteroatoms. The molecule has 92 valence electrons. The summed E-state index contributed by atoms with van der Waals surface area (Å²) >= 11 is 0. The van der Waals surface area contributed by atoms with Crippen LogP contribution >= 0.6 is 0 Å². The van der Waals surface area contributed by atoms with E-state index < -0.39 is 0 Å². The molecular weight excluding hydrogens is 224 g/mol. The molecule has 2 nitrogen and oxygen atoms in total. The normalized spacial score (nSPS) is 10.2. The molecule has 0 aromatic heterocycles. The van der Waals surface area contributed by atoms with Crippen LogP contribution in [0.3, 0.4) is 0 Å². The van der Waals surface area contributed by atoms with Gasteiger partial charge in [-0.3, -0.25) is 4.79 Å². The van der Waals surface area contributed by atoms with Crippen LogP contribution in [0.2, 0.25) is 0 Å². The van der Waals surface area contributed by atoms with Gasteiger partial charge in [0, 0.05) is 5.56 Å². The summed E-state index contributed by atoms with van der Waals surface area (Å²) in [4.78, 5) is 11.2. The van der Waals surface area contributed by atoms with Crippen molar-refractivity contribution in [3.8, 4) is 11.5 Å². The van der Waals surface area contributed by atoms with Crippen LogP contribution in [0.25, 0.3) is 0 Å². The number of ketones is 1. The summed E-state index contributed by atoms with van der Waals surface area (Å²) in [7, 11) is 0. The SMILES string of the molecule is CC(=O)c1ccc(Oc2cc(C)cc(C)c2)cc1. The summed E-state index contributed by atoms with van der Waals surface area (Å²) < 4.78 is 5.76. The first-order chi connectivity index (χ1) is 8.54. The van der Waals surface area contributed by atoms with E-state index in [1.165, 1.54) is 11.1 Å². The van der Waals surface area contributed by atoms with E-state index in [1.54, 1.807) is 19.1 Å². The maximum atomic E-state index is 11.2. The standard InChI is InChI=1S/C16H16O2/c1-11-8-12(2)10-16(9-11)18-15-6-4-14(5-7-15)13(3)17/h4-10H,1-3H3. The van der Waals surface area contributed by atoms with Crippen molar-refractivity contribution in [1.82, 2.24) is 0 Å². The third-order valence-corrected chi connectivity index (χ3v) is 2.69. The van der Waals surface area contributed by atoms with Gasteiger partial charge in [0.05, 0.1) is 0 Å². The second-order valence-corrected chi connectivity index (χ2v) is 4.51. The van der Waals surface area contributed by atoms with Gasteiger partial charge < -0.3 is 4.74 Å². The zero-order valence-electron chi connectivity index (χ0n) is 10.9. The maximum Gasteiger partial charge on any atom is 0.159 e. The van der Waals surface area contributed by atoms with Crippen LogP contribution in [0.5, 0.6) is 11.5 Å². The Balaban J connectivity index is 2.20. The Kier molecular flexibility index (Phi) is 3.47. The van der Waals surface area contributed by atoms with E-state index in [2.05, 4.69) is 6.07 Å². The minimum Gasteiger partial charge on any atom is -0.457 e. The topological polar surface area (TPSA) is 26.3 Å². The zero-order valence-corrected chi connectivity index (χ0v) is 10.9. The number of carbonyl (C=O) groups is 1. The highest BCUT2D eigenvalue weighted by Gasteiger charge is 2.02. The van der Waals surface area contributed by atoms with Crippen LogP contribution in [-0.4, -0.2) is 5.78 Å². The summed E-state index contributed by atoms with van der Waals surface area (Å²) in [5, 5.41) is 0. The van der Waals surface area contributed by atoms with E-state index in [9.17, 15) is 4.79 Å². The Morgan fingerprint density at radius 1 is 0.889 bits per heavy atom.